The van der Waals surface area contributed by atoms with E-state index in [0.717, 1.165) is 0 Å². The topological polar surface area (TPSA) is 81.1 Å². The number of carboxylic acid groups (broad SMARTS) is 2. The van der Waals surface area contributed by atoms with Crippen molar-refractivity contribution in [1.82, 2.24) is 9.80 Å². The number of nitrogens with zero attached hydrogens (tertiary/aromatic N) is 2. The van der Waals surface area contributed by atoms with Crippen LogP contribution in [0.1, 0.15) is 13.8 Å². The molecule has 16 heavy (non-hydrogen) atoms. The second-order valence-corrected chi connectivity index (χ2v) is 4.35. The van der Waals surface area contributed by atoms with Crippen LogP contribution in [0.4, 0.5) is 0 Å². The second-order valence-electron chi connectivity index (χ2n) is 4.35. The molecule has 1 heterocycles. The highest BCUT2D eigenvalue weighted by molar-refractivity contribution is 5.69. The first-order chi connectivity index (χ1) is 7.40. The van der Waals surface area contributed by atoms with Crippen LogP contribution in [-0.4, -0.2) is 70.2 Å². The molecule has 6 nitrogen and oxygen atoms in total. The maximum absolute atomic E-state index is 10.7. The Bertz CT molecular complexity index is 270. The lowest BCUT2D eigenvalue weighted by Crippen LogP contribution is -2.58. The van der Waals surface area contributed by atoms with Gasteiger partial charge in [0.15, 0.2) is 0 Å². The summed E-state index contributed by atoms with van der Waals surface area (Å²) in [6.07, 6.45) is 0. The number of hydrogen-bond acceptors (Lipinski definition) is 4. The Morgan fingerprint density at radius 1 is 1.06 bits per heavy atom. The van der Waals surface area contributed by atoms with E-state index in [0.29, 0.717) is 13.1 Å². The van der Waals surface area contributed by atoms with Gasteiger partial charge >= 0.3 is 11.9 Å². The van der Waals surface area contributed by atoms with Crippen LogP contribution in [0.25, 0.3) is 0 Å². The predicted molar refractivity (Wildman–Crippen MR) is 57.3 cm³/mol. The fraction of sp³-hybridized carbons (Fsp3) is 0.800. The van der Waals surface area contributed by atoms with E-state index in [2.05, 4.69) is 0 Å². The Kier molecular flexibility index (Phi) is 4.26. The number of piperazine rings is 1. The summed E-state index contributed by atoms with van der Waals surface area (Å²) < 4.78 is 0. The van der Waals surface area contributed by atoms with Crippen molar-refractivity contribution < 1.29 is 19.8 Å². The molecule has 6 heteroatoms. The molecule has 0 radical (unpaired) electrons. The molecule has 0 amide bonds. The van der Waals surface area contributed by atoms with E-state index >= 15 is 0 Å². The van der Waals surface area contributed by atoms with E-state index in [1.807, 2.05) is 23.6 Å². The Morgan fingerprint density at radius 2 is 1.50 bits per heavy atom. The largest absolute Gasteiger partial charge is 0.480 e. The van der Waals surface area contributed by atoms with E-state index in [1.54, 1.807) is 0 Å². The average molecular weight is 230 g/mol. The average Bonchev–Trinajstić information content (AvgIpc) is 2.10. The summed E-state index contributed by atoms with van der Waals surface area (Å²) in [4.78, 5) is 25.0. The first-order valence-corrected chi connectivity index (χ1v) is 5.32. The molecule has 92 valence electrons. The van der Waals surface area contributed by atoms with Crippen molar-refractivity contribution in [2.75, 3.05) is 26.2 Å². The molecule has 1 rings (SSSR count). The van der Waals surface area contributed by atoms with Crippen LogP contribution in [0.5, 0.6) is 0 Å². The van der Waals surface area contributed by atoms with E-state index in [4.69, 9.17) is 10.2 Å². The molecule has 0 aromatic heterocycles. The van der Waals surface area contributed by atoms with Crippen molar-refractivity contribution in [2.24, 2.45) is 0 Å². The van der Waals surface area contributed by atoms with Crippen molar-refractivity contribution >= 4 is 11.9 Å². The monoisotopic (exact) mass is 230 g/mol. The van der Waals surface area contributed by atoms with Gasteiger partial charge in [-0.15, -0.1) is 0 Å². The standard InChI is InChI=1S/C10H18N2O4/c1-7-3-11(5-9(13)14)4-8(2)12(7)6-10(15)16/h7-8H,3-6H2,1-2H3,(H,13,14)(H,15,16). The van der Waals surface area contributed by atoms with Gasteiger partial charge in [-0.2, -0.15) is 0 Å². The lowest BCUT2D eigenvalue weighted by molar-refractivity contribution is -0.143. The minimum absolute atomic E-state index is 0.0171. The number of aliphatic carboxylic acids is 2. The first kappa shape index (κ1) is 12.9. The van der Waals surface area contributed by atoms with Gasteiger partial charge in [0.2, 0.25) is 0 Å². The molecule has 0 aromatic rings. The fourth-order valence-electron chi connectivity index (χ4n) is 2.25. The van der Waals surface area contributed by atoms with Crippen LogP contribution >= 0.6 is 0 Å². The predicted octanol–water partition coefficient (Wildman–Crippen LogP) is -0.450. The summed E-state index contributed by atoms with van der Waals surface area (Å²) in [5, 5.41) is 17.5. The molecule has 0 spiro atoms. The number of carboxylic acids is 2. The molecule has 0 aliphatic carbocycles. The van der Waals surface area contributed by atoms with Crippen LogP contribution in [0.15, 0.2) is 0 Å². The minimum Gasteiger partial charge on any atom is -0.480 e. The maximum Gasteiger partial charge on any atom is 0.317 e. The third-order valence-electron chi connectivity index (χ3n) is 2.85. The zero-order chi connectivity index (χ0) is 12.3. The zero-order valence-electron chi connectivity index (χ0n) is 9.59. The van der Waals surface area contributed by atoms with E-state index in [9.17, 15) is 9.59 Å². The molecular weight excluding hydrogens is 212 g/mol. The van der Waals surface area contributed by atoms with Crippen LogP contribution in [0, 0.1) is 0 Å². The molecular formula is C10H18N2O4. The Morgan fingerprint density at radius 3 is 1.88 bits per heavy atom. The van der Waals surface area contributed by atoms with Crippen molar-refractivity contribution in [1.29, 1.82) is 0 Å². The Hall–Kier alpha value is -1.14. The zero-order valence-corrected chi connectivity index (χ0v) is 9.59. The molecule has 0 bridgehead atoms. The molecule has 1 saturated heterocycles. The Balaban J connectivity index is 2.56. The van der Waals surface area contributed by atoms with Gasteiger partial charge in [-0.05, 0) is 13.8 Å². The van der Waals surface area contributed by atoms with Gasteiger partial charge in [0.1, 0.15) is 0 Å². The van der Waals surface area contributed by atoms with E-state index in [1.165, 1.54) is 0 Å². The maximum atomic E-state index is 10.7. The summed E-state index contributed by atoms with van der Waals surface area (Å²) >= 11 is 0. The van der Waals surface area contributed by atoms with Crippen LogP contribution in [-0.2, 0) is 9.59 Å². The molecule has 1 fully saturated rings. The third-order valence-corrected chi connectivity index (χ3v) is 2.85. The molecule has 1 aliphatic rings. The highest BCUT2D eigenvalue weighted by Crippen LogP contribution is 2.14. The summed E-state index contributed by atoms with van der Waals surface area (Å²) in [5.74, 6) is -1.68. The number of rotatable bonds is 4. The van der Waals surface area contributed by atoms with Crippen molar-refractivity contribution in [3.8, 4) is 0 Å². The van der Waals surface area contributed by atoms with E-state index in [-0.39, 0.29) is 25.2 Å². The van der Waals surface area contributed by atoms with Gasteiger partial charge in [0.05, 0.1) is 13.1 Å². The van der Waals surface area contributed by atoms with Crippen molar-refractivity contribution in [3.63, 3.8) is 0 Å². The molecule has 0 aromatic carbocycles. The SMILES string of the molecule is CC1CN(CC(=O)O)CC(C)N1CC(=O)O. The molecule has 1 aliphatic heterocycles. The number of hydrogen-bond donors (Lipinski definition) is 2. The lowest BCUT2D eigenvalue weighted by atomic mass is 10.1. The normalized spacial score (nSPS) is 27.9. The summed E-state index contributed by atoms with van der Waals surface area (Å²) in [7, 11) is 0. The van der Waals surface area contributed by atoms with Gasteiger partial charge < -0.3 is 10.2 Å². The van der Waals surface area contributed by atoms with Crippen LogP contribution < -0.4 is 0 Å². The van der Waals surface area contributed by atoms with Gasteiger partial charge in [-0.3, -0.25) is 19.4 Å². The summed E-state index contributed by atoms with van der Waals surface area (Å²) in [6.45, 7) is 5.09. The summed E-state index contributed by atoms with van der Waals surface area (Å²) in [5.41, 5.74) is 0. The smallest absolute Gasteiger partial charge is 0.317 e. The van der Waals surface area contributed by atoms with Crippen LogP contribution in [0.3, 0.4) is 0 Å². The van der Waals surface area contributed by atoms with Gasteiger partial charge in [-0.1, -0.05) is 0 Å². The molecule has 2 unspecified atom stereocenters. The number of carbonyl (C=O) groups is 2. The van der Waals surface area contributed by atoms with Crippen LogP contribution in [0.2, 0.25) is 0 Å². The second kappa shape index (κ2) is 5.27. The van der Waals surface area contributed by atoms with Gasteiger partial charge in [0, 0.05) is 25.2 Å². The molecule has 0 saturated carbocycles. The highest BCUT2D eigenvalue weighted by atomic mass is 16.4. The van der Waals surface area contributed by atoms with E-state index < -0.39 is 11.9 Å². The minimum atomic E-state index is -0.842. The van der Waals surface area contributed by atoms with Gasteiger partial charge in [-0.25, -0.2) is 0 Å². The van der Waals surface area contributed by atoms with Crippen molar-refractivity contribution in [2.45, 2.75) is 25.9 Å². The molecule has 2 N–H and O–H groups in total. The summed E-state index contributed by atoms with van der Waals surface area (Å²) in [6, 6.07) is 0.137. The fourth-order valence-corrected chi connectivity index (χ4v) is 2.25. The quantitative estimate of drug-likeness (QED) is 0.681. The van der Waals surface area contributed by atoms with Crippen molar-refractivity contribution in [3.05, 3.63) is 0 Å². The first-order valence-electron chi connectivity index (χ1n) is 5.32. The van der Waals surface area contributed by atoms with Gasteiger partial charge in [0.25, 0.3) is 0 Å². The third kappa shape index (κ3) is 3.46. The molecule has 2 atom stereocenters. The highest BCUT2D eigenvalue weighted by Gasteiger charge is 2.31. The lowest BCUT2D eigenvalue weighted by Gasteiger charge is -2.43. The Labute approximate surface area is 94.4 Å².